The number of hydrogen-bond donors (Lipinski definition) is 0. The van der Waals surface area contributed by atoms with Gasteiger partial charge in [0.15, 0.2) is 11.5 Å². The van der Waals surface area contributed by atoms with Gasteiger partial charge in [0, 0.05) is 13.1 Å². The van der Waals surface area contributed by atoms with Gasteiger partial charge in [0.05, 0.1) is 10.2 Å². The summed E-state index contributed by atoms with van der Waals surface area (Å²) < 4.78 is 11.9. The van der Waals surface area contributed by atoms with E-state index in [1.54, 1.807) is 17.7 Å². The van der Waals surface area contributed by atoms with Crippen LogP contribution in [-0.2, 0) is 6.54 Å². The number of aromatic nitrogens is 2. The predicted octanol–water partition coefficient (Wildman–Crippen LogP) is 3.45. The van der Waals surface area contributed by atoms with Crippen molar-refractivity contribution in [3.05, 3.63) is 41.5 Å². The second kappa shape index (κ2) is 5.46. The summed E-state index contributed by atoms with van der Waals surface area (Å²) in [6, 6.07) is 8.10. The average Bonchev–Trinajstić information content (AvgIpc) is 3.20. The first-order valence-corrected chi connectivity index (χ1v) is 8.05. The van der Waals surface area contributed by atoms with E-state index in [9.17, 15) is 0 Å². The molecule has 3 aromatic rings. The van der Waals surface area contributed by atoms with Crippen LogP contribution in [0.5, 0.6) is 11.5 Å². The van der Waals surface area contributed by atoms with Crippen molar-refractivity contribution in [3.8, 4) is 11.5 Å². The molecule has 0 bridgehead atoms. The quantitative estimate of drug-likeness (QED) is 0.738. The molecule has 6 heteroatoms. The van der Waals surface area contributed by atoms with Crippen molar-refractivity contribution in [2.45, 2.75) is 13.5 Å². The molecular weight excluding hydrogens is 298 g/mol. The highest BCUT2D eigenvalue weighted by Crippen LogP contribution is 2.34. The first kappa shape index (κ1) is 13.3. The third kappa shape index (κ3) is 2.25. The minimum atomic E-state index is 0.304. The van der Waals surface area contributed by atoms with E-state index in [1.807, 2.05) is 18.2 Å². The Hall–Kier alpha value is -2.34. The normalized spacial score (nSPS) is 12.8. The third-order valence-electron chi connectivity index (χ3n) is 3.72. The molecule has 1 aliphatic heterocycles. The van der Waals surface area contributed by atoms with Crippen LogP contribution in [0.3, 0.4) is 0 Å². The number of nitrogens with zero attached hydrogens (tertiary/aromatic N) is 3. The van der Waals surface area contributed by atoms with Gasteiger partial charge in [-0.2, -0.15) is 0 Å². The summed E-state index contributed by atoms with van der Waals surface area (Å²) in [5.74, 6) is 2.62. The molecule has 0 radical (unpaired) electrons. The Bertz CT molecular complexity index is 818. The lowest BCUT2D eigenvalue weighted by Crippen LogP contribution is -2.23. The molecule has 0 saturated carbocycles. The van der Waals surface area contributed by atoms with Gasteiger partial charge in [0.25, 0.3) is 0 Å². The van der Waals surface area contributed by atoms with Crippen molar-refractivity contribution >= 4 is 27.4 Å². The first-order valence-electron chi connectivity index (χ1n) is 7.17. The second-order valence-corrected chi connectivity index (χ2v) is 5.95. The molecule has 0 unspecified atom stereocenters. The molecule has 0 fully saturated rings. The van der Waals surface area contributed by atoms with Gasteiger partial charge >= 0.3 is 0 Å². The molecule has 1 aliphatic rings. The summed E-state index contributed by atoms with van der Waals surface area (Å²) in [5.41, 5.74) is 2.17. The lowest BCUT2D eigenvalue weighted by Gasteiger charge is -2.22. The molecule has 4 rings (SSSR count). The molecule has 3 heterocycles. The molecule has 2 aromatic heterocycles. The Morgan fingerprint density at radius 1 is 1.18 bits per heavy atom. The monoisotopic (exact) mass is 313 g/mol. The summed E-state index contributed by atoms with van der Waals surface area (Å²) >= 11 is 1.68. The molecule has 0 atom stereocenters. The van der Waals surface area contributed by atoms with Crippen LogP contribution in [0.4, 0.5) is 5.82 Å². The molecule has 0 amide bonds. The predicted molar refractivity (Wildman–Crippen MR) is 86.7 cm³/mol. The number of rotatable bonds is 4. The number of ether oxygens (including phenoxy) is 2. The Morgan fingerprint density at radius 3 is 3.00 bits per heavy atom. The van der Waals surface area contributed by atoms with E-state index in [0.717, 1.165) is 40.6 Å². The minimum absolute atomic E-state index is 0.304. The van der Waals surface area contributed by atoms with E-state index in [4.69, 9.17) is 9.47 Å². The summed E-state index contributed by atoms with van der Waals surface area (Å²) in [6.45, 7) is 4.09. The van der Waals surface area contributed by atoms with Crippen LogP contribution in [-0.4, -0.2) is 23.3 Å². The maximum atomic E-state index is 5.45. The second-order valence-electron chi connectivity index (χ2n) is 5.03. The summed E-state index contributed by atoms with van der Waals surface area (Å²) in [5, 5.41) is 2.05. The topological polar surface area (TPSA) is 47.5 Å². The lowest BCUT2D eigenvalue weighted by atomic mass is 10.2. The zero-order chi connectivity index (χ0) is 14.9. The molecule has 22 heavy (non-hydrogen) atoms. The maximum Gasteiger partial charge on any atom is 0.231 e. The van der Waals surface area contributed by atoms with E-state index in [1.165, 1.54) is 5.56 Å². The Balaban J connectivity index is 1.66. The van der Waals surface area contributed by atoms with Crippen LogP contribution < -0.4 is 14.4 Å². The van der Waals surface area contributed by atoms with Crippen LogP contribution in [0.15, 0.2) is 36.0 Å². The van der Waals surface area contributed by atoms with E-state index in [0.29, 0.717) is 6.79 Å². The van der Waals surface area contributed by atoms with Crippen LogP contribution in [0.25, 0.3) is 10.2 Å². The molecule has 0 N–H and O–H groups in total. The van der Waals surface area contributed by atoms with E-state index in [2.05, 4.69) is 33.2 Å². The van der Waals surface area contributed by atoms with Gasteiger partial charge in [-0.05, 0) is 36.1 Å². The minimum Gasteiger partial charge on any atom is -0.454 e. The molecule has 5 nitrogen and oxygen atoms in total. The first-order chi connectivity index (χ1) is 10.8. The largest absolute Gasteiger partial charge is 0.454 e. The number of benzene rings is 1. The average molecular weight is 313 g/mol. The Labute approximate surface area is 132 Å². The summed E-state index contributed by atoms with van der Waals surface area (Å²) in [4.78, 5) is 11.0. The van der Waals surface area contributed by atoms with Crippen LogP contribution in [0, 0.1) is 0 Å². The fourth-order valence-electron chi connectivity index (χ4n) is 2.60. The van der Waals surface area contributed by atoms with Crippen LogP contribution in [0.2, 0.25) is 0 Å². The summed E-state index contributed by atoms with van der Waals surface area (Å²) in [6.07, 6.45) is 1.63. The molecule has 0 aliphatic carbocycles. The fourth-order valence-corrected chi connectivity index (χ4v) is 3.46. The molecule has 0 saturated heterocycles. The number of thiophene rings is 1. The highest BCUT2D eigenvalue weighted by Gasteiger charge is 2.16. The highest BCUT2D eigenvalue weighted by molar-refractivity contribution is 7.17. The van der Waals surface area contributed by atoms with E-state index < -0.39 is 0 Å². The molecule has 1 aromatic carbocycles. The van der Waals surface area contributed by atoms with Crippen molar-refractivity contribution in [2.24, 2.45) is 0 Å². The van der Waals surface area contributed by atoms with Crippen molar-refractivity contribution in [1.29, 1.82) is 0 Å². The molecular formula is C16H15N3O2S. The van der Waals surface area contributed by atoms with Crippen molar-refractivity contribution in [3.63, 3.8) is 0 Å². The highest BCUT2D eigenvalue weighted by atomic mass is 32.1. The van der Waals surface area contributed by atoms with Crippen molar-refractivity contribution in [1.82, 2.24) is 9.97 Å². The van der Waals surface area contributed by atoms with Crippen molar-refractivity contribution < 1.29 is 9.47 Å². The number of anilines is 1. The maximum absolute atomic E-state index is 5.45. The van der Waals surface area contributed by atoms with Gasteiger partial charge in [-0.15, -0.1) is 11.3 Å². The van der Waals surface area contributed by atoms with Crippen molar-refractivity contribution in [2.75, 3.05) is 18.2 Å². The smallest absolute Gasteiger partial charge is 0.231 e. The van der Waals surface area contributed by atoms with Gasteiger partial charge in [0.2, 0.25) is 6.79 Å². The zero-order valence-electron chi connectivity index (χ0n) is 12.2. The van der Waals surface area contributed by atoms with E-state index in [-0.39, 0.29) is 0 Å². The van der Waals surface area contributed by atoms with E-state index >= 15 is 0 Å². The van der Waals surface area contributed by atoms with Gasteiger partial charge in [-0.3, -0.25) is 0 Å². The van der Waals surface area contributed by atoms with Gasteiger partial charge in [0.1, 0.15) is 12.1 Å². The summed E-state index contributed by atoms with van der Waals surface area (Å²) in [7, 11) is 0. The van der Waals surface area contributed by atoms with Crippen LogP contribution in [0.1, 0.15) is 12.5 Å². The SMILES string of the molecule is CCN(Cc1ccc2c(c1)OCO2)c1ncnc2ccsc12. The van der Waals surface area contributed by atoms with Gasteiger partial charge < -0.3 is 14.4 Å². The van der Waals surface area contributed by atoms with Crippen LogP contribution >= 0.6 is 11.3 Å². The molecule has 112 valence electrons. The third-order valence-corrected chi connectivity index (χ3v) is 4.62. The lowest BCUT2D eigenvalue weighted by molar-refractivity contribution is 0.174. The van der Waals surface area contributed by atoms with Gasteiger partial charge in [-0.25, -0.2) is 9.97 Å². The molecule has 0 spiro atoms. The zero-order valence-corrected chi connectivity index (χ0v) is 13.0. The fraction of sp³-hybridized carbons (Fsp3) is 0.250. The standard InChI is InChI=1S/C16H15N3O2S/c1-2-19(16-15-12(5-6-22-15)17-9-18-16)8-11-3-4-13-14(7-11)21-10-20-13/h3-7,9H,2,8,10H2,1H3. The Kier molecular flexibility index (Phi) is 3.31. The number of hydrogen-bond acceptors (Lipinski definition) is 6. The number of fused-ring (bicyclic) bond motifs is 2. The Morgan fingerprint density at radius 2 is 2.09 bits per heavy atom. The van der Waals surface area contributed by atoms with Gasteiger partial charge in [-0.1, -0.05) is 6.07 Å².